The number of fused-ring (bicyclic) bond motifs is 1. The summed E-state index contributed by atoms with van der Waals surface area (Å²) in [6.07, 6.45) is 3.28. The summed E-state index contributed by atoms with van der Waals surface area (Å²) in [6.45, 7) is 0. The van der Waals surface area contributed by atoms with Gasteiger partial charge in [0.05, 0.1) is 19.9 Å². The first-order chi connectivity index (χ1) is 7.65. The molecule has 0 aromatic rings. The number of nitrogens with zero attached hydrogens (tertiary/aromatic N) is 2. The summed E-state index contributed by atoms with van der Waals surface area (Å²) in [5.41, 5.74) is 0.487. The second-order valence-corrected chi connectivity index (χ2v) is 3.53. The smallest absolute Gasteiger partial charge is 0.265 e. The fourth-order valence-corrected chi connectivity index (χ4v) is 1.75. The summed E-state index contributed by atoms with van der Waals surface area (Å²) in [4.78, 5) is 19.2. The molecule has 0 saturated heterocycles. The summed E-state index contributed by atoms with van der Waals surface area (Å²) in [5.74, 6) is 0.0305. The van der Waals surface area contributed by atoms with Gasteiger partial charge in [-0.2, -0.15) is 4.99 Å². The van der Waals surface area contributed by atoms with Crippen LogP contribution in [0.15, 0.2) is 33.7 Å². The number of carbonyl (C=O) groups is 1. The highest BCUT2D eigenvalue weighted by Gasteiger charge is 2.34. The largest absolute Gasteiger partial charge is 0.500 e. The highest BCUT2D eigenvalue weighted by molar-refractivity contribution is 6.67. The van der Waals surface area contributed by atoms with Crippen LogP contribution < -0.4 is 0 Å². The van der Waals surface area contributed by atoms with Crippen molar-refractivity contribution in [3.8, 4) is 0 Å². The Bertz CT molecular complexity index is 463. The maximum atomic E-state index is 11.7. The monoisotopic (exact) mass is 240 g/mol. The van der Waals surface area contributed by atoms with Gasteiger partial charge in [-0.3, -0.25) is 4.79 Å². The molecule has 1 unspecified atom stereocenters. The van der Waals surface area contributed by atoms with Gasteiger partial charge in [-0.25, -0.2) is 4.99 Å². The molecule has 0 spiro atoms. The number of amidine groups is 1. The third kappa shape index (κ3) is 1.74. The number of hydrogen-bond donors (Lipinski definition) is 0. The Morgan fingerprint density at radius 1 is 1.25 bits per heavy atom. The summed E-state index contributed by atoms with van der Waals surface area (Å²) in [5, 5.41) is -0.0692. The molecule has 2 aliphatic rings. The first kappa shape index (κ1) is 10.9. The number of methoxy groups -OCH3 is 2. The van der Waals surface area contributed by atoms with Crippen molar-refractivity contribution in [2.75, 3.05) is 14.2 Å². The van der Waals surface area contributed by atoms with Crippen molar-refractivity contribution >= 4 is 28.5 Å². The van der Waals surface area contributed by atoms with Crippen molar-refractivity contribution in [2.24, 2.45) is 15.9 Å². The number of ether oxygens (including phenoxy) is 2. The van der Waals surface area contributed by atoms with Crippen molar-refractivity contribution < 1.29 is 14.3 Å². The molecule has 84 valence electrons. The van der Waals surface area contributed by atoms with Crippen molar-refractivity contribution in [1.82, 2.24) is 0 Å². The second-order valence-electron chi connectivity index (χ2n) is 3.19. The minimum Gasteiger partial charge on any atom is -0.500 e. The van der Waals surface area contributed by atoms with E-state index in [2.05, 4.69) is 9.98 Å². The number of hydrogen-bond acceptors (Lipinski definition) is 4. The zero-order valence-electron chi connectivity index (χ0n) is 8.73. The molecule has 1 aliphatic heterocycles. The SMILES string of the molecule is COC1=CC2=NC(Cl)=NC(=O)C2C(OC)=C1. The lowest BCUT2D eigenvalue weighted by Crippen LogP contribution is -2.31. The molecular weight excluding hydrogens is 232 g/mol. The van der Waals surface area contributed by atoms with Gasteiger partial charge in [0, 0.05) is 12.2 Å². The van der Waals surface area contributed by atoms with Crippen LogP contribution in [0.5, 0.6) is 0 Å². The highest BCUT2D eigenvalue weighted by atomic mass is 35.5. The third-order valence-electron chi connectivity index (χ3n) is 2.30. The number of carbonyl (C=O) groups excluding carboxylic acids is 1. The molecule has 0 radical (unpaired) electrons. The van der Waals surface area contributed by atoms with E-state index in [1.165, 1.54) is 14.2 Å². The summed E-state index contributed by atoms with van der Waals surface area (Å²) in [6, 6.07) is 0. The van der Waals surface area contributed by atoms with E-state index >= 15 is 0 Å². The Balaban J connectivity index is 2.48. The molecular formula is C10H9ClN2O3. The van der Waals surface area contributed by atoms with Crippen LogP contribution in [0.3, 0.4) is 0 Å². The Labute approximate surface area is 97.1 Å². The summed E-state index contributed by atoms with van der Waals surface area (Å²) in [7, 11) is 3.01. The van der Waals surface area contributed by atoms with Crippen molar-refractivity contribution in [1.29, 1.82) is 0 Å². The topological polar surface area (TPSA) is 60.2 Å². The lowest BCUT2D eigenvalue weighted by Gasteiger charge is -2.23. The maximum absolute atomic E-state index is 11.7. The number of halogens is 1. The quantitative estimate of drug-likeness (QED) is 0.683. The van der Waals surface area contributed by atoms with Crippen molar-refractivity contribution in [2.45, 2.75) is 0 Å². The molecule has 0 saturated carbocycles. The predicted molar refractivity (Wildman–Crippen MR) is 59.4 cm³/mol. The molecule has 1 atom stereocenters. The molecule has 2 rings (SSSR count). The lowest BCUT2D eigenvalue weighted by molar-refractivity contribution is -0.119. The lowest BCUT2D eigenvalue weighted by atomic mass is 9.94. The van der Waals surface area contributed by atoms with Gasteiger partial charge >= 0.3 is 0 Å². The number of aliphatic imine (C=N–C) groups is 2. The van der Waals surface area contributed by atoms with Gasteiger partial charge < -0.3 is 9.47 Å². The molecule has 1 aliphatic carbocycles. The molecule has 0 aromatic carbocycles. The van der Waals surface area contributed by atoms with Gasteiger partial charge in [-0.15, -0.1) is 0 Å². The summed E-state index contributed by atoms with van der Waals surface area (Å²) < 4.78 is 10.2. The molecule has 0 fully saturated rings. The van der Waals surface area contributed by atoms with Gasteiger partial charge in [0.25, 0.3) is 5.91 Å². The van der Waals surface area contributed by atoms with Crippen LogP contribution in [0.2, 0.25) is 0 Å². The highest BCUT2D eigenvalue weighted by Crippen LogP contribution is 2.27. The molecule has 0 aromatic heterocycles. The second kappa shape index (κ2) is 4.09. The van der Waals surface area contributed by atoms with Crippen LogP contribution >= 0.6 is 11.6 Å². The van der Waals surface area contributed by atoms with Gasteiger partial charge in [-0.05, 0) is 11.6 Å². The standard InChI is InChI=1S/C10H9ClN2O3/c1-15-5-3-6-8(7(4-5)16-2)9(14)13-10(11)12-6/h3-4,8H,1-2H3. The van der Waals surface area contributed by atoms with Gasteiger partial charge in [-0.1, -0.05) is 0 Å². The van der Waals surface area contributed by atoms with Crippen LogP contribution in [-0.2, 0) is 14.3 Å². The molecule has 1 heterocycles. The maximum Gasteiger partial charge on any atom is 0.265 e. The summed E-state index contributed by atoms with van der Waals surface area (Å²) >= 11 is 5.62. The Kier molecular flexibility index (Phi) is 2.78. The van der Waals surface area contributed by atoms with E-state index in [-0.39, 0.29) is 11.2 Å². The van der Waals surface area contributed by atoms with Crippen LogP contribution in [-0.4, -0.2) is 31.1 Å². The molecule has 5 nitrogen and oxygen atoms in total. The fourth-order valence-electron chi connectivity index (χ4n) is 1.57. The van der Waals surface area contributed by atoms with E-state index in [1.54, 1.807) is 12.2 Å². The van der Waals surface area contributed by atoms with Crippen LogP contribution in [0.4, 0.5) is 0 Å². The minimum absolute atomic E-state index is 0.0692. The average molecular weight is 241 g/mol. The molecule has 0 bridgehead atoms. The van der Waals surface area contributed by atoms with E-state index in [0.29, 0.717) is 17.2 Å². The predicted octanol–water partition coefficient (Wildman–Crippen LogP) is 1.25. The van der Waals surface area contributed by atoms with Crippen LogP contribution in [0, 0.1) is 5.92 Å². The molecule has 0 N–H and O–H groups in total. The molecule has 1 amide bonds. The Hall–Kier alpha value is -1.62. The normalized spacial score (nSPS) is 23.7. The van der Waals surface area contributed by atoms with E-state index in [1.807, 2.05) is 0 Å². The fraction of sp³-hybridized carbons (Fsp3) is 0.300. The third-order valence-corrected chi connectivity index (χ3v) is 2.47. The zero-order chi connectivity index (χ0) is 11.7. The number of rotatable bonds is 2. The van der Waals surface area contributed by atoms with Gasteiger partial charge in [0.1, 0.15) is 17.4 Å². The van der Waals surface area contributed by atoms with Crippen molar-refractivity contribution in [3.05, 3.63) is 23.7 Å². The molecule has 6 heteroatoms. The average Bonchev–Trinajstić information content (AvgIpc) is 2.26. The van der Waals surface area contributed by atoms with E-state index in [4.69, 9.17) is 21.1 Å². The van der Waals surface area contributed by atoms with E-state index in [0.717, 1.165) is 0 Å². The van der Waals surface area contributed by atoms with Gasteiger partial charge in [0.2, 0.25) is 5.29 Å². The van der Waals surface area contributed by atoms with Gasteiger partial charge in [0.15, 0.2) is 0 Å². The number of allylic oxidation sites excluding steroid dienone is 2. The van der Waals surface area contributed by atoms with Crippen molar-refractivity contribution in [3.63, 3.8) is 0 Å². The van der Waals surface area contributed by atoms with E-state index in [9.17, 15) is 4.79 Å². The first-order valence-corrected chi connectivity index (χ1v) is 4.91. The molecule has 16 heavy (non-hydrogen) atoms. The first-order valence-electron chi connectivity index (χ1n) is 4.53. The minimum atomic E-state index is -0.605. The zero-order valence-corrected chi connectivity index (χ0v) is 9.49. The Morgan fingerprint density at radius 3 is 2.62 bits per heavy atom. The number of amides is 1. The van der Waals surface area contributed by atoms with Crippen LogP contribution in [0.25, 0.3) is 0 Å². The Morgan fingerprint density at radius 2 is 2.00 bits per heavy atom. The van der Waals surface area contributed by atoms with Crippen LogP contribution in [0.1, 0.15) is 0 Å². The van der Waals surface area contributed by atoms with E-state index < -0.39 is 5.92 Å².